The van der Waals surface area contributed by atoms with Gasteiger partial charge in [-0.05, 0) is 39.4 Å². The van der Waals surface area contributed by atoms with Crippen LogP contribution in [0.3, 0.4) is 0 Å². The van der Waals surface area contributed by atoms with Gasteiger partial charge in [0.1, 0.15) is 5.78 Å². The van der Waals surface area contributed by atoms with Crippen LogP contribution in [0.25, 0.3) is 0 Å². The summed E-state index contributed by atoms with van der Waals surface area (Å²) in [7, 11) is 3.99. The van der Waals surface area contributed by atoms with Gasteiger partial charge >= 0.3 is 0 Å². The summed E-state index contributed by atoms with van der Waals surface area (Å²) < 4.78 is 0. The number of Topliss-reactive ketones (excluding diaryl/α,β-unsaturated/α-hetero) is 1. The van der Waals surface area contributed by atoms with Crippen LogP contribution in [0.15, 0.2) is 0 Å². The molecule has 2 atom stereocenters. The van der Waals surface area contributed by atoms with Gasteiger partial charge in [0.15, 0.2) is 0 Å². The van der Waals surface area contributed by atoms with Crippen LogP contribution in [-0.4, -0.2) is 55.2 Å². The molecule has 0 N–H and O–H groups in total. The monoisotopic (exact) mass is 324 g/mol. The fourth-order valence-electron chi connectivity index (χ4n) is 3.43. The van der Waals surface area contributed by atoms with Crippen LogP contribution < -0.4 is 0 Å². The maximum Gasteiger partial charge on any atom is 0.226 e. The zero-order valence-corrected chi connectivity index (χ0v) is 16.0. The second-order valence-electron chi connectivity index (χ2n) is 8.12. The van der Waals surface area contributed by atoms with Crippen LogP contribution in [0, 0.1) is 17.3 Å². The molecule has 4 heteroatoms. The number of rotatable bonds is 7. The van der Waals surface area contributed by atoms with Gasteiger partial charge in [0.05, 0.1) is 0 Å². The van der Waals surface area contributed by atoms with Crippen molar-refractivity contribution in [1.29, 1.82) is 0 Å². The van der Waals surface area contributed by atoms with Crippen LogP contribution >= 0.6 is 0 Å². The van der Waals surface area contributed by atoms with E-state index in [4.69, 9.17) is 0 Å². The third-order valence-corrected chi connectivity index (χ3v) is 5.11. The summed E-state index contributed by atoms with van der Waals surface area (Å²) in [6, 6.07) is 0. The SMILES string of the molecule is CCN(C)CCCN(C)C(=O)[C@H]1CCCC[C@H]1C(=O)C(C)(C)C. The van der Waals surface area contributed by atoms with Gasteiger partial charge in [-0.1, -0.05) is 40.5 Å². The number of ketones is 1. The molecule has 134 valence electrons. The summed E-state index contributed by atoms with van der Waals surface area (Å²) in [6.45, 7) is 10.8. The Hall–Kier alpha value is -0.900. The Bertz CT molecular complexity index is 401. The van der Waals surface area contributed by atoms with Gasteiger partial charge in [0.25, 0.3) is 0 Å². The molecule has 0 radical (unpaired) electrons. The Balaban J connectivity index is 2.65. The molecule has 0 aliphatic heterocycles. The fourth-order valence-corrected chi connectivity index (χ4v) is 3.43. The normalized spacial score (nSPS) is 22.2. The standard InChI is InChI=1S/C19H36N2O2/c1-7-20(5)13-10-14-21(6)18(23)16-12-9-8-11-15(16)17(22)19(2,3)4/h15-16H,7-14H2,1-6H3/t15-,16+/m1/s1. The van der Waals surface area contributed by atoms with Crippen molar-refractivity contribution >= 4 is 11.7 Å². The largest absolute Gasteiger partial charge is 0.345 e. The van der Waals surface area contributed by atoms with Gasteiger partial charge < -0.3 is 9.80 Å². The van der Waals surface area contributed by atoms with E-state index in [-0.39, 0.29) is 28.9 Å². The first-order valence-electron chi connectivity index (χ1n) is 9.16. The Labute approximate surface area is 142 Å². The van der Waals surface area contributed by atoms with Gasteiger partial charge in [-0.25, -0.2) is 0 Å². The van der Waals surface area contributed by atoms with Gasteiger partial charge in [0.2, 0.25) is 5.91 Å². The third-order valence-electron chi connectivity index (χ3n) is 5.11. The molecule has 0 aromatic rings. The third kappa shape index (κ3) is 5.91. The molecular formula is C19H36N2O2. The molecule has 0 aromatic carbocycles. The average molecular weight is 325 g/mol. The Morgan fingerprint density at radius 3 is 2.09 bits per heavy atom. The summed E-state index contributed by atoms with van der Waals surface area (Å²) in [5.41, 5.74) is -0.358. The van der Waals surface area contributed by atoms with Crippen molar-refractivity contribution in [2.24, 2.45) is 17.3 Å². The van der Waals surface area contributed by atoms with E-state index in [1.165, 1.54) is 0 Å². The van der Waals surface area contributed by atoms with Crippen molar-refractivity contribution in [2.75, 3.05) is 33.7 Å². The lowest BCUT2D eigenvalue weighted by atomic mass is 9.70. The summed E-state index contributed by atoms with van der Waals surface area (Å²) >= 11 is 0. The van der Waals surface area contributed by atoms with E-state index in [9.17, 15) is 9.59 Å². The first-order valence-corrected chi connectivity index (χ1v) is 9.16. The highest BCUT2D eigenvalue weighted by molar-refractivity contribution is 5.91. The van der Waals surface area contributed by atoms with E-state index in [2.05, 4.69) is 18.9 Å². The highest BCUT2D eigenvalue weighted by Gasteiger charge is 2.40. The van der Waals surface area contributed by atoms with Gasteiger partial charge in [-0.2, -0.15) is 0 Å². The molecule has 1 aliphatic rings. The predicted molar refractivity (Wildman–Crippen MR) is 95.3 cm³/mol. The molecule has 1 saturated carbocycles. The van der Waals surface area contributed by atoms with Crippen LogP contribution in [0.5, 0.6) is 0 Å². The smallest absolute Gasteiger partial charge is 0.226 e. The molecule has 0 unspecified atom stereocenters. The molecule has 0 spiro atoms. The molecule has 0 heterocycles. The Morgan fingerprint density at radius 1 is 1.00 bits per heavy atom. The lowest BCUT2D eigenvalue weighted by molar-refractivity contribution is -0.144. The van der Waals surface area contributed by atoms with E-state index >= 15 is 0 Å². The summed E-state index contributed by atoms with van der Waals surface area (Å²) in [4.78, 5) is 29.7. The lowest BCUT2D eigenvalue weighted by Gasteiger charge is -2.35. The van der Waals surface area contributed by atoms with Crippen molar-refractivity contribution in [1.82, 2.24) is 9.80 Å². The second kappa shape index (κ2) is 8.81. The zero-order chi connectivity index (χ0) is 17.6. The van der Waals surface area contributed by atoms with E-state index in [0.29, 0.717) is 0 Å². The van der Waals surface area contributed by atoms with Crippen molar-refractivity contribution in [3.63, 3.8) is 0 Å². The molecule has 1 fully saturated rings. The minimum atomic E-state index is -0.358. The van der Waals surface area contributed by atoms with E-state index < -0.39 is 0 Å². The molecule has 4 nitrogen and oxygen atoms in total. The average Bonchev–Trinajstić information content (AvgIpc) is 2.52. The maximum absolute atomic E-state index is 12.8. The van der Waals surface area contributed by atoms with Crippen molar-refractivity contribution in [3.05, 3.63) is 0 Å². The van der Waals surface area contributed by atoms with Gasteiger partial charge in [-0.3, -0.25) is 9.59 Å². The Kier molecular flexibility index (Phi) is 7.72. The predicted octanol–water partition coefficient (Wildman–Crippen LogP) is 3.21. The van der Waals surface area contributed by atoms with Crippen molar-refractivity contribution < 1.29 is 9.59 Å². The number of carbonyl (C=O) groups is 2. The van der Waals surface area contributed by atoms with E-state index in [1.54, 1.807) is 0 Å². The summed E-state index contributed by atoms with van der Waals surface area (Å²) in [6.07, 6.45) is 4.86. The minimum absolute atomic E-state index is 0.0861. The number of hydrogen-bond acceptors (Lipinski definition) is 3. The van der Waals surface area contributed by atoms with Crippen LogP contribution in [0.4, 0.5) is 0 Å². The number of amides is 1. The summed E-state index contributed by atoms with van der Waals surface area (Å²) in [5, 5.41) is 0. The van der Waals surface area contributed by atoms with Gasteiger partial charge in [-0.15, -0.1) is 0 Å². The molecule has 1 aliphatic carbocycles. The first kappa shape index (κ1) is 20.1. The fraction of sp³-hybridized carbons (Fsp3) is 0.895. The molecule has 1 rings (SSSR count). The first-order chi connectivity index (χ1) is 10.7. The van der Waals surface area contributed by atoms with Crippen LogP contribution in [0.2, 0.25) is 0 Å². The zero-order valence-electron chi connectivity index (χ0n) is 16.0. The van der Waals surface area contributed by atoms with E-state index in [0.717, 1.165) is 51.7 Å². The molecule has 23 heavy (non-hydrogen) atoms. The second-order valence-corrected chi connectivity index (χ2v) is 8.12. The molecule has 0 aromatic heterocycles. The lowest BCUT2D eigenvalue weighted by Crippen LogP contribution is -2.44. The molecule has 0 bridgehead atoms. The van der Waals surface area contributed by atoms with Crippen molar-refractivity contribution in [3.8, 4) is 0 Å². The van der Waals surface area contributed by atoms with E-state index in [1.807, 2.05) is 32.7 Å². The topological polar surface area (TPSA) is 40.6 Å². The minimum Gasteiger partial charge on any atom is -0.345 e. The van der Waals surface area contributed by atoms with Crippen molar-refractivity contribution in [2.45, 2.75) is 59.8 Å². The highest BCUT2D eigenvalue weighted by atomic mass is 16.2. The number of nitrogens with zero attached hydrogens (tertiary/aromatic N) is 2. The molecule has 1 amide bonds. The number of carbonyl (C=O) groups excluding carboxylic acids is 2. The quantitative estimate of drug-likeness (QED) is 0.722. The van der Waals surface area contributed by atoms with Crippen LogP contribution in [-0.2, 0) is 9.59 Å². The maximum atomic E-state index is 12.8. The van der Waals surface area contributed by atoms with Gasteiger partial charge in [0, 0.05) is 30.8 Å². The molecule has 0 saturated heterocycles. The highest BCUT2D eigenvalue weighted by Crippen LogP contribution is 2.36. The summed E-state index contributed by atoms with van der Waals surface area (Å²) in [5.74, 6) is 0.238. The molecular weight excluding hydrogens is 288 g/mol. The number of hydrogen-bond donors (Lipinski definition) is 0. The van der Waals surface area contributed by atoms with Crippen LogP contribution in [0.1, 0.15) is 59.8 Å². The Morgan fingerprint density at radius 2 is 1.57 bits per heavy atom.